The van der Waals surface area contributed by atoms with Gasteiger partial charge in [-0.2, -0.15) is 4.98 Å². The second-order valence-corrected chi connectivity index (χ2v) is 7.42. The summed E-state index contributed by atoms with van der Waals surface area (Å²) in [6.45, 7) is 4.06. The summed E-state index contributed by atoms with van der Waals surface area (Å²) < 4.78 is 16.3. The number of amides is 1. The van der Waals surface area contributed by atoms with Crippen molar-refractivity contribution in [3.63, 3.8) is 0 Å². The quantitative estimate of drug-likeness (QED) is 0.848. The normalized spacial score (nSPS) is 26.7. The maximum Gasteiger partial charge on any atom is 0.255 e. The van der Waals surface area contributed by atoms with E-state index in [2.05, 4.69) is 20.4 Å². The zero-order valence-corrected chi connectivity index (χ0v) is 15.2. The second-order valence-electron chi connectivity index (χ2n) is 7.42. The van der Waals surface area contributed by atoms with Crippen LogP contribution in [0.15, 0.2) is 4.52 Å². The summed E-state index contributed by atoms with van der Waals surface area (Å²) in [5.41, 5.74) is -0.414. The van der Waals surface area contributed by atoms with Crippen molar-refractivity contribution >= 4 is 5.91 Å². The minimum absolute atomic E-state index is 0.0857. The Bertz CT molecular complexity index is 602. The number of carbonyl (C=O) groups is 1. The van der Waals surface area contributed by atoms with E-state index in [1.807, 2.05) is 0 Å². The summed E-state index contributed by atoms with van der Waals surface area (Å²) >= 11 is 0. The molecule has 8 heteroatoms. The molecule has 1 amide bonds. The summed E-state index contributed by atoms with van der Waals surface area (Å²) in [4.78, 5) is 19.9. The van der Waals surface area contributed by atoms with Gasteiger partial charge in [-0.05, 0) is 25.7 Å². The Kier molecular flexibility index (Phi) is 5.52. The van der Waals surface area contributed by atoms with Crippen LogP contribution in [0.5, 0.6) is 0 Å². The van der Waals surface area contributed by atoms with Gasteiger partial charge in [-0.15, -0.1) is 0 Å². The van der Waals surface area contributed by atoms with Crippen LogP contribution in [0.4, 0.5) is 0 Å². The molecule has 2 saturated heterocycles. The molecule has 4 rings (SSSR count). The standard InChI is InChI=1S/C18H28N4O4/c23-17(18(6-2-1-3-7-18)22-8-11-24-12-9-22)19-13-15-20-16(26-21-15)14-5-4-10-25-14/h14H,1-13H2,(H,19,23)/t14-/m1/s1. The SMILES string of the molecule is O=C(NCc1noc([C@H]2CCCO2)n1)C1(N2CCOCC2)CCCCC1. The number of rotatable bonds is 5. The van der Waals surface area contributed by atoms with E-state index in [9.17, 15) is 4.79 Å². The largest absolute Gasteiger partial charge is 0.379 e. The molecule has 26 heavy (non-hydrogen) atoms. The average molecular weight is 364 g/mol. The maximum atomic E-state index is 13.2. The minimum Gasteiger partial charge on any atom is -0.379 e. The highest BCUT2D eigenvalue weighted by Crippen LogP contribution is 2.34. The van der Waals surface area contributed by atoms with Gasteiger partial charge in [0.25, 0.3) is 5.89 Å². The van der Waals surface area contributed by atoms with Gasteiger partial charge >= 0.3 is 0 Å². The lowest BCUT2D eigenvalue weighted by Gasteiger charge is -2.46. The molecule has 1 N–H and O–H groups in total. The first-order valence-electron chi connectivity index (χ1n) is 9.83. The lowest BCUT2D eigenvalue weighted by Crippen LogP contribution is -2.62. The molecule has 1 aromatic rings. The summed E-state index contributed by atoms with van der Waals surface area (Å²) in [6.07, 6.45) is 7.04. The van der Waals surface area contributed by atoms with Crippen LogP contribution in [0, 0.1) is 0 Å². The summed E-state index contributed by atoms with van der Waals surface area (Å²) in [6, 6.07) is 0. The number of hydrogen-bond acceptors (Lipinski definition) is 7. The molecular weight excluding hydrogens is 336 g/mol. The van der Waals surface area contributed by atoms with Crippen molar-refractivity contribution in [1.82, 2.24) is 20.4 Å². The Balaban J connectivity index is 1.40. The van der Waals surface area contributed by atoms with Crippen LogP contribution in [0.1, 0.15) is 62.8 Å². The predicted octanol–water partition coefficient (Wildman–Crippen LogP) is 1.57. The lowest BCUT2D eigenvalue weighted by atomic mass is 9.79. The number of carbonyl (C=O) groups excluding carboxylic acids is 1. The smallest absolute Gasteiger partial charge is 0.255 e. The number of aromatic nitrogens is 2. The molecule has 1 saturated carbocycles. The first-order valence-corrected chi connectivity index (χ1v) is 9.83. The van der Waals surface area contributed by atoms with E-state index in [0.29, 0.717) is 31.5 Å². The van der Waals surface area contributed by atoms with E-state index >= 15 is 0 Å². The Morgan fingerprint density at radius 2 is 1.96 bits per heavy atom. The van der Waals surface area contributed by atoms with Crippen LogP contribution in [0.2, 0.25) is 0 Å². The van der Waals surface area contributed by atoms with Crippen molar-refractivity contribution in [2.45, 2.75) is 63.1 Å². The van der Waals surface area contributed by atoms with Gasteiger partial charge in [0.05, 0.1) is 19.8 Å². The molecule has 0 unspecified atom stereocenters. The molecule has 144 valence electrons. The van der Waals surface area contributed by atoms with E-state index in [-0.39, 0.29) is 12.0 Å². The first kappa shape index (κ1) is 17.9. The zero-order chi connectivity index (χ0) is 17.8. The molecule has 8 nitrogen and oxygen atoms in total. The van der Waals surface area contributed by atoms with Gasteiger partial charge in [0.15, 0.2) is 5.82 Å². The van der Waals surface area contributed by atoms with Gasteiger partial charge in [0, 0.05) is 19.7 Å². The van der Waals surface area contributed by atoms with Crippen LogP contribution in [-0.4, -0.2) is 59.4 Å². The molecule has 3 fully saturated rings. The Hall–Kier alpha value is -1.51. The number of morpholine rings is 1. The molecule has 2 aliphatic heterocycles. The van der Waals surface area contributed by atoms with Crippen molar-refractivity contribution in [3.8, 4) is 0 Å². The fraction of sp³-hybridized carbons (Fsp3) is 0.833. The van der Waals surface area contributed by atoms with E-state index < -0.39 is 5.54 Å². The molecule has 1 atom stereocenters. The Labute approximate surface area is 153 Å². The second kappa shape index (κ2) is 8.02. The number of nitrogens with one attached hydrogen (secondary N) is 1. The molecule has 0 bridgehead atoms. The van der Waals surface area contributed by atoms with Gasteiger partial charge in [0.2, 0.25) is 5.91 Å². The van der Waals surface area contributed by atoms with Crippen LogP contribution in [0.25, 0.3) is 0 Å². The van der Waals surface area contributed by atoms with Crippen LogP contribution < -0.4 is 5.32 Å². The highest BCUT2D eigenvalue weighted by atomic mass is 16.5. The van der Waals surface area contributed by atoms with Crippen molar-refractivity contribution in [1.29, 1.82) is 0 Å². The van der Waals surface area contributed by atoms with Gasteiger partial charge < -0.3 is 19.3 Å². The van der Waals surface area contributed by atoms with Gasteiger partial charge in [-0.25, -0.2) is 0 Å². The van der Waals surface area contributed by atoms with Crippen LogP contribution >= 0.6 is 0 Å². The number of hydrogen-bond donors (Lipinski definition) is 1. The molecule has 1 aliphatic carbocycles. The van der Waals surface area contributed by atoms with E-state index in [1.165, 1.54) is 6.42 Å². The zero-order valence-electron chi connectivity index (χ0n) is 15.2. The van der Waals surface area contributed by atoms with Gasteiger partial charge in [-0.1, -0.05) is 24.4 Å². The molecule has 3 heterocycles. The minimum atomic E-state index is -0.414. The summed E-state index contributed by atoms with van der Waals surface area (Å²) in [5, 5.41) is 7.06. The summed E-state index contributed by atoms with van der Waals surface area (Å²) in [7, 11) is 0. The molecule has 1 aromatic heterocycles. The molecular formula is C18H28N4O4. The monoisotopic (exact) mass is 364 g/mol. The fourth-order valence-electron chi connectivity index (χ4n) is 4.38. The van der Waals surface area contributed by atoms with Gasteiger partial charge in [-0.3, -0.25) is 9.69 Å². The summed E-state index contributed by atoms with van der Waals surface area (Å²) in [5.74, 6) is 1.12. The molecule has 3 aliphatic rings. The Morgan fingerprint density at radius 1 is 1.15 bits per heavy atom. The topological polar surface area (TPSA) is 89.7 Å². The number of nitrogens with zero attached hydrogens (tertiary/aromatic N) is 3. The van der Waals surface area contributed by atoms with Crippen molar-refractivity contribution in [3.05, 3.63) is 11.7 Å². The lowest BCUT2D eigenvalue weighted by molar-refractivity contribution is -0.140. The fourth-order valence-corrected chi connectivity index (χ4v) is 4.38. The third kappa shape index (κ3) is 3.63. The highest BCUT2D eigenvalue weighted by molar-refractivity contribution is 5.86. The predicted molar refractivity (Wildman–Crippen MR) is 92.3 cm³/mol. The third-order valence-electron chi connectivity index (χ3n) is 5.82. The Morgan fingerprint density at radius 3 is 2.69 bits per heavy atom. The van der Waals surface area contributed by atoms with Crippen molar-refractivity contribution in [2.75, 3.05) is 32.9 Å². The maximum absolute atomic E-state index is 13.2. The molecule has 0 spiro atoms. The first-order chi connectivity index (χ1) is 12.8. The average Bonchev–Trinajstić information content (AvgIpc) is 3.39. The molecule has 0 aromatic carbocycles. The molecule has 0 radical (unpaired) electrons. The van der Waals surface area contributed by atoms with E-state index in [4.69, 9.17) is 14.0 Å². The van der Waals surface area contributed by atoms with Crippen molar-refractivity contribution < 1.29 is 18.8 Å². The van der Waals surface area contributed by atoms with E-state index in [1.54, 1.807) is 0 Å². The van der Waals surface area contributed by atoms with Crippen LogP contribution in [0.3, 0.4) is 0 Å². The van der Waals surface area contributed by atoms with Crippen molar-refractivity contribution in [2.24, 2.45) is 0 Å². The number of ether oxygens (including phenoxy) is 2. The van der Waals surface area contributed by atoms with E-state index in [0.717, 1.165) is 58.2 Å². The highest BCUT2D eigenvalue weighted by Gasteiger charge is 2.45. The van der Waals surface area contributed by atoms with Crippen LogP contribution in [-0.2, 0) is 20.8 Å². The third-order valence-corrected chi connectivity index (χ3v) is 5.82. The van der Waals surface area contributed by atoms with Gasteiger partial charge in [0.1, 0.15) is 11.6 Å².